The van der Waals surface area contributed by atoms with Gasteiger partial charge in [0.1, 0.15) is 6.07 Å². The molecule has 0 spiro atoms. The summed E-state index contributed by atoms with van der Waals surface area (Å²) in [5.74, 6) is 1.43. The van der Waals surface area contributed by atoms with Crippen molar-refractivity contribution >= 4 is 33.6 Å². The Bertz CT molecular complexity index is 1620. The van der Waals surface area contributed by atoms with E-state index in [0.29, 0.717) is 23.4 Å². The number of carbonyl (C=O) groups is 1. The Kier molecular flexibility index (Phi) is 6.15. The van der Waals surface area contributed by atoms with Crippen LogP contribution in [0.3, 0.4) is 0 Å². The van der Waals surface area contributed by atoms with E-state index in [1.807, 2.05) is 30.5 Å². The summed E-state index contributed by atoms with van der Waals surface area (Å²) in [6.45, 7) is 6.01. The van der Waals surface area contributed by atoms with Crippen LogP contribution in [0.1, 0.15) is 45.1 Å². The molecule has 0 aromatic carbocycles. The van der Waals surface area contributed by atoms with Crippen molar-refractivity contribution in [1.29, 1.82) is 5.26 Å². The van der Waals surface area contributed by atoms with E-state index in [2.05, 4.69) is 50.7 Å². The lowest BCUT2D eigenvalue weighted by Gasteiger charge is -2.38. The van der Waals surface area contributed by atoms with Gasteiger partial charge in [-0.3, -0.25) is 9.78 Å². The molecule has 2 aliphatic carbocycles. The zero-order valence-electron chi connectivity index (χ0n) is 22.5. The monoisotopic (exact) mass is 553 g/mol. The summed E-state index contributed by atoms with van der Waals surface area (Å²) in [4.78, 5) is 19.6. The number of fused-ring (bicyclic) bond motifs is 3. The molecule has 1 saturated heterocycles. The fourth-order valence-corrected chi connectivity index (χ4v) is 7.03. The third-order valence-corrected chi connectivity index (χ3v) is 9.26. The summed E-state index contributed by atoms with van der Waals surface area (Å²) in [7, 11) is 0. The van der Waals surface area contributed by atoms with Crippen LogP contribution in [0.5, 0.6) is 0 Å². The van der Waals surface area contributed by atoms with Crippen LogP contribution in [0.25, 0.3) is 27.5 Å². The molecule has 0 unspecified atom stereocenters. The van der Waals surface area contributed by atoms with E-state index >= 15 is 0 Å². The maximum absolute atomic E-state index is 12.4. The fraction of sp³-hybridized carbons (Fsp3) is 0.448. The summed E-state index contributed by atoms with van der Waals surface area (Å²) >= 11 is 1.59. The van der Waals surface area contributed by atoms with Gasteiger partial charge in [-0.15, -0.1) is 10.2 Å². The molecule has 3 aliphatic rings. The summed E-state index contributed by atoms with van der Waals surface area (Å²) in [5, 5.41) is 31.5. The highest BCUT2D eigenvalue weighted by molar-refractivity contribution is 7.18. The van der Waals surface area contributed by atoms with Gasteiger partial charge in [0.15, 0.2) is 5.01 Å². The molecule has 4 aromatic heterocycles. The van der Waals surface area contributed by atoms with Crippen LogP contribution in [-0.4, -0.2) is 55.9 Å². The van der Waals surface area contributed by atoms with Gasteiger partial charge in [-0.2, -0.15) is 10.4 Å². The number of nitrogens with zero attached hydrogens (tertiary/aromatic N) is 7. The SMILES string of the molecule is CC(C)Nc1cc(-c2ccc3cc(C#N)cnn23)ncc1-c1nnc(N2C[C@H]3CC[C@@H](C2)[C@H]3NC(=O)C2CC2)s1. The second-order valence-corrected chi connectivity index (χ2v) is 12.5. The number of pyridine rings is 1. The summed E-state index contributed by atoms with van der Waals surface area (Å²) in [6.07, 6.45) is 7.81. The minimum Gasteiger partial charge on any atom is -0.382 e. The molecule has 40 heavy (non-hydrogen) atoms. The van der Waals surface area contributed by atoms with E-state index in [0.717, 1.165) is 77.1 Å². The Labute approximate surface area is 236 Å². The van der Waals surface area contributed by atoms with E-state index in [1.54, 1.807) is 22.0 Å². The Morgan fingerprint density at radius 2 is 1.90 bits per heavy atom. The Balaban J connectivity index is 1.14. The minimum atomic E-state index is 0.210. The molecule has 2 bridgehead atoms. The summed E-state index contributed by atoms with van der Waals surface area (Å²) in [5.41, 5.74) is 4.85. The van der Waals surface area contributed by atoms with Crippen molar-refractivity contribution in [2.45, 2.75) is 51.6 Å². The van der Waals surface area contributed by atoms with Gasteiger partial charge < -0.3 is 15.5 Å². The van der Waals surface area contributed by atoms with Crippen molar-refractivity contribution in [1.82, 2.24) is 30.1 Å². The Morgan fingerprint density at radius 3 is 2.62 bits per heavy atom. The molecule has 1 amide bonds. The van der Waals surface area contributed by atoms with Crippen molar-refractivity contribution in [3.05, 3.63) is 42.2 Å². The predicted molar refractivity (Wildman–Crippen MR) is 154 cm³/mol. The quantitative estimate of drug-likeness (QED) is 0.346. The molecular weight excluding hydrogens is 522 g/mol. The first-order chi connectivity index (χ1) is 19.5. The van der Waals surface area contributed by atoms with Crippen molar-refractivity contribution in [2.75, 3.05) is 23.3 Å². The van der Waals surface area contributed by atoms with Gasteiger partial charge >= 0.3 is 0 Å². The van der Waals surface area contributed by atoms with Crippen LogP contribution >= 0.6 is 11.3 Å². The third kappa shape index (κ3) is 4.56. The molecule has 4 aromatic rings. The van der Waals surface area contributed by atoms with Crippen molar-refractivity contribution in [3.8, 4) is 28.0 Å². The third-order valence-electron chi connectivity index (χ3n) is 8.25. The second kappa shape index (κ2) is 9.86. The van der Waals surface area contributed by atoms with Crippen molar-refractivity contribution < 1.29 is 4.79 Å². The largest absolute Gasteiger partial charge is 0.382 e. The van der Waals surface area contributed by atoms with Crippen LogP contribution in [0.15, 0.2) is 36.7 Å². The van der Waals surface area contributed by atoms with E-state index in [1.165, 1.54) is 0 Å². The molecule has 10 nitrogen and oxygen atoms in total. The normalized spacial score (nSPS) is 22.1. The van der Waals surface area contributed by atoms with E-state index in [-0.39, 0.29) is 17.9 Å². The van der Waals surface area contributed by atoms with Crippen LogP contribution in [-0.2, 0) is 4.79 Å². The Hall–Kier alpha value is -4.04. The maximum Gasteiger partial charge on any atom is 0.223 e. The van der Waals surface area contributed by atoms with Gasteiger partial charge in [-0.05, 0) is 75.6 Å². The van der Waals surface area contributed by atoms with Crippen LogP contribution in [0.2, 0.25) is 0 Å². The standard InChI is InChI=1S/C29H31N9OS/c1-16(2)33-23-10-24(25-8-7-21-9-17(11-30)12-32-38(21)25)31-13-22(23)28-35-36-29(40-28)37-14-19-5-6-20(15-37)26(19)34-27(39)18-3-4-18/h7-10,12-13,16,18-20,26H,3-6,14-15H2,1-2H3,(H,31,33)(H,34,39)/t19-,20+,26+. The predicted octanol–water partition coefficient (Wildman–Crippen LogP) is 4.35. The van der Waals surface area contributed by atoms with Crippen molar-refractivity contribution in [2.24, 2.45) is 17.8 Å². The number of nitriles is 1. The van der Waals surface area contributed by atoms with Crippen LogP contribution < -0.4 is 15.5 Å². The van der Waals surface area contributed by atoms with Gasteiger partial charge in [-0.25, -0.2) is 4.52 Å². The number of carbonyl (C=O) groups excluding carboxylic acids is 1. The zero-order valence-corrected chi connectivity index (χ0v) is 23.4. The van der Waals surface area contributed by atoms with Gasteiger partial charge in [0.05, 0.1) is 34.2 Å². The lowest BCUT2D eigenvalue weighted by molar-refractivity contribution is -0.123. The molecule has 11 heteroatoms. The number of anilines is 2. The number of hydrogen-bond acceptors (Lipinski definition) is 9. The molecule has 0 radical (unpaired) electrons. The van der Waals surface area contributed by atoms with Crippen LogP contribution in [0.4, 0.5) is 10.8 Å². The molecular formula is C29H31N9OS. The topological polar surface area (TPSA) is 124 Å². The van der Waals surface area contributed by atoms with E-state index < -0.39 is 0 Å². The van der Waals surface area contributed by atoms with E-state index in [4.69, 9.17) is 4.98 Å². The van der Waals surface area contributed by atoms with E-state index in [9.17, 15) is 10.1 Å². The smallest absolute Gasteiger partial charge is 0.223 e. The minimum absolute atomic E-state index is 0.210. The van der Waals surface area contributed by atoms with Crippen molar-refractivity contribution in [3.63, 3.8) is 0 Å². The zero-order chi connectivity index (χ0) is 27.4. The maximum atomic E-state index is 12.4. The number of aromatic nitrogens is 5. The molecule has 3 atom stereocenters. The molecule has 2 N–H and O–H groups in total. The highest BCUT2D eigenvalue weighted by Gasteiger charge is 2.45. The molecule has 204 valence electrons. The lowest BCUT2D eigenvalue weighted by atomic mass is 9.92. The highest BCUT2D eigenvalue weighted by Crippen LogP contribution is 2.42. The molecule has 5 heterocycles. The number of hydrogen-bond donors (Lipinski definition) is 2. The molecule has 3 fully saturated rings. The fourth-order valence-electron chi connectivity index (χ4n) is 6.14. The number of amides is 1. The first-order valence-corrected chi connectivity index (χ1v) is 14.8. The average molecular weight is 554 g/mol. The molecule has 1 aliphatic heterocycles. The lowest BCUT2D eigenvalue weighted by Crippen LogP contribution is -2.53. The molecule has 7 rings (SSSR count). The van der Waals surface area contributed by atoms with Crippen LogP contribution in [0, 0.1) is 29.1 Å². The number of piperidine rings is 1. The van der Waals surface area contributed by atoms with Gasteiger partial charge in [0.25, 0.3) is 0 Å². The average Bonchev–Trinajstić information content (AvgIpc) is 3.47. The first kappa shape index (κ1) is 25.0. The van der Waals surface area contributed by atoms with Gasteiger partial charge in [0.2, 0.25) is 11.0 Å². The Morgan fingerprint density at radius 1 is 1.10 bits per heavy atom. The highest BCUT2D eigenvalue weighted by atomic mass is 32.1. The summed E-state index contributed by atoms with van der Waals surface area (Å²) in [6, 6.07) is 10.4. The first-order valence-electron chi connectivity index (χ1n) is 14.0. The number of rotatable bonds is 7. The molecule has 2 saturated carbocycles. The van der Waals surface area contributed by atoms with Gasteiger partial charge in [0, 0.05) is 43.0 Å². The number of nitrogens with one attached hydrogen (secondary N) is 2. The second-order valence-electron chi connectivity index (χ2n) is 11.5. The van der Waals surface area contributed by atoms with Gasteiger partial charge in [-0.1, -0.05) is 11.3 Å². The summed E-state index contributed by atoms with van der Waals surface area (Å²) < 4.78 is 1.80.